The van der Waals surface area contributed by atoms with E-state index in [4.69, 9.17) is 4.42 Å². The molecule has 0 fully saturated rings. The lowest BCUT2D eigenvalue weighted by Gasteiger charge is -2.15. The Morgan fingerprint density at radius 3 is 2.18 bits per heavy atom. The molecule has 3 nitrogen and oxygen atoms in total. The molecular weight excluding hydrogens is 476 g/mol. The molecule has 0 unspecified atom stereocenters. The molecule has 186 valence electrons. The van der Waals surface area contributed by atoms with Gasteiger partial charge in [-0.15, -0.1) is 0 Å². The molecule has 8 aromatic rings. The highest BCUT2D eigenvalue weighted by atomic mass is 16.3. The topological polar surface area (TPSA) is 30.1 Å². The van der Waals surface area contributed by atoms with Crippen LogP contribution < -0.4 is 5.32 Å². The largest absolute Gasteiger partial charge is 0.455 e. The van der Waals surface area contributed by atoms with E-state index in [-0.39, 0.29) is 0 Å². The molecule has 0 saturated carbocycles. The molecule has 3 heteroatoms. The number of fused-ring (bicyclic) bond motifs is 10. The van der Waals surface area contributed by atoms with Crippen LogP contribution in [0.25, 0.3) is 60.2 Å². The monoisotopic (exact) mass is 502 g/mol. The quantitative estimate of drug-likeness (QED) is 0.260. The first kappa shape index (κ1) is 22.0. The minimum Gasteiger partial charge on any atom is -0.455 e. The summed E-state index contributed by atoms with van der Waals surface area (Å²) < 4.78 is 8.96. The summed E-state index contributed by atoms with van der Waals surface area (Å²) in [6, 6.07) is 43.1. The first-order valence-electron chi connectivity index (χ1n) is 13.4. The van der Waals surface area contributed by atoms with Gasteiger partial charge in [0.1, 0.15) is 11.2 Å². The van der Waals surface area contributed by atoms with Crippen LogP contribution in [0.3, 0.4) is 0 Å². The van der Waals surface area contributed by atoms with E-state index in [1.807, 2.05) is 6.07 Å². The number of furan rings is 1. The molecule has 8 rings (SSSR count). The van der Waals surface area contributed by atoms with Gasteiger partial charge in [0.2, 0.25) is 0 Å². The zero-order valence-electron chi connectivity index (χ0n) is 21.6. The number of anilines is 1. The summed E-state index contributed by atoms with van der Waals surface area (Å²) in [6.45, 7) is 2.95. The van der Waals surface area contributed by atoms with Gasteiger partial charge in [0.15, 0.2) is 0 Å². The molecule has 0 aliphatic rings. The Morgan fingerprint density at radius 2 is 1.33 bits per heavy atom. The fourth-order valence-electron chi connectivity index (χ4n) is 6.12. The summed E-state index contributed by atoms with van der Waals surface area (Å²) in [5, 5.41) is 10.8. The van der Waals surface area contributed by atoms with Crippen molar-refractivity contribution in [3.05, 3.63) is 132 Å². The first-order chi connectivity index (χ1) is 19.3. The van der Waals surface area contributed by atoms with E-state index < -0.39 is 0 Å². The fraction of sp³-hybridized carbons (Fsp3) is 0.0556. The molecule has 0 atom stereocenters. The number of hydrogen-bond acceptors (Lipinski definition) is 2. The highest BCUT2D eigenvalue weighted by molar-refractivity contribution is 6.35. The van der Waals surface area contributed by atoms with Crippen molar-refractivity contribution >= 4 is 60.2 Å². The molecular formula is C36H26N2O. The van der Waals surface area contributed by atoms with E-state index >= 15 is 0 Å². The van der Waals surface area contributed by atoms with Crippen molar-refractivity contribution in [2.45, 2.75) is 13.5 Å². The van der Waals surface area contributed by atoms with E-state index in [0.29, 0.717) is 0 Å². The zero-order chi connectivity index (χ0) is 25.9. The normalized spacial score (nSPS) is 11.8. The van der Waals surface area contributed by atoms with Crippen molar-refractivity contribution in [3.8, 4) is 5.69 Å². The highest BCUT2D eigenvalue weighted by Gasteiger charge is 2.22. The molecule has 1 N–H and O–H groups in total. The fourth-order valence-corrected chi connectivity index (χ4v) is 6.12. The molecule has 0 bridgehead atoms. The molecule has 0 amide bonds. The van der Waals surface area contributed by atoms with Crippen molar-refractivity contribution in [1.29, 1.82) is 0 Å². The van der Waals surface area contributed by atoms with Crippen LogP contribution in [0.2, 0.25) is 0 Å². The zero-order valence-corrected chi connectivity index (χ0v) is 21.6. The Balaban J connectivity index is 1.47. The van der Waals surface area contributed by atoms with Gasteiger partial charge in [0.05, 0.1) is 11.0 Å². The third-order valence-electron chi connectivity index (χ3n) is 7.95. The Morgan fingerprint density at radius 1 is 0.641 bits per heavy atom. The van der Waals surface area contributed by atoms with E-state index in [1.54, 1.807) is 0 Å². The van der Waals surface area contributed by atoms with Gasteiger partial charge in [-0.05, 0) is 42.3 Å². The van der Waals surface area contributed by atoms with Crippen molar-refractivity contribution < 1.29 is 4.42 Å². The van der Waals surface area contributed by atoms with Gasteiger partial charge >= 0.3 is 0 Å². The molecule has 0 aliphatic heterocycles. The second-order valence-corrected chi connectivity index (χ2v) is 10.3. The van der Waals surface area contributed by atoms with E-state index in [2.05, 4.69) is 132 Å². The Hall–Kier alpha value is -5.02. The van der Waals surface area contributed by atoms with Crippen molar-refractivity contribution in [3.63, 3.8) is 0 Å². The number of rotatable bonds is 4. The maximum absolute atomic E-state index is 6.53. The van der Waals surface area contributed by atoms with Crippen LogP contribution in [0.4, 0.5) is 5.69 Å². The van der Waals surface area contributed by atoms with Crippen LogP contribution >= 0.6 is 0 Å². The number of nitrogens with zero attached hydrogens (tertiary/aromatic N) is 1. The molecule has 39 heavy (non-hydrogen) atoms. The van der Waals surface area contributed by atoms with Crippen molar-refractivity contribution in [2.75, 3.05) is 5.32 Å². The number of benzene rings is 6. The van der Waals surface area contributed by atoms with Crippen LogP contribution in [-0.2, 0) is 6.54 Å². The minimum absolute atomic E-state index is 0.781. The SMILES string of the molecule is Cc1ccc(-n2c3ccccc3c3c4c5ccccc5oc4c4ccccc4c32)cc1NCc1ccccc1. The lowest BCUT2D eigenvalue weighted by molar-refractivity contribution is 0.673. The smallest absolute Gasteiger partial charge is 0.144 e. The van der Waals surface area contributed by atoms with Crippen LogP contribution in [-0.4, -0.2) is 4.57 Å². The van der Waals surface area contributed by atoms with Gasteiger partial charge in [0, 0.05) is 50.2 Å². The highest BCUT2D eigenvalue weighted by Crippen LogP contribution is 2.45. The predicted octanol–water partition coefficient (Wildman–Crippen LogP) is 9.76. The lowest BCUT2D eigenvalue weighted by atomic mass is 9.99. The molecule has 6 aromatic carbocycles. The molecule has 2 heterocycles. The summed E-state index contributed by atoms with van der Waals surface area (Å²) in [5.41, 5.74) is 9.04. The van der Waals surface area contributed by atoms with E-state index in [1.165, 1.54) is 43.7 Å². The number of para-hydroxylation sites is 2. The standard InChI is InChI=1S/C36H26N2O/c1-23-19-20-25(21-30(23)37-22-24-11-3-2-4-12-24)38-31-17-9-7-15-28(31)33-34-29-16-8-10-18-32(29)39-36(34)27-14-6-5-13-26(27)35(33)38/h2-21,37H,22H2,1H3. The van der Waals surface area contributed by atoms with Gasteiger partial charge in [-0.2, -0.15) is 0 Å². The average molecular weight is 503 g/mol. The molecule has 0 aliphatic carbocycles. The van der Waals surface area contributed by atoms with Gasteiger partial charge in [-0.3, -0.25) is 0 Å². The van der Waals surface area contributed by atoms with Gasteiger partial charge in [0.25, 0.3) is 0 Å². The Bertz CT molecular complexity index is 2180. The van der Waals surface area contributed by atoms with Gasteiger partial charge in [-0.25, -0.2) is 0 Å². The number of aromatic nitrogens is 1. The maximum atomic E-state index is 6.53. The lowest BCUT2D eigenvalue weighted by Crippen LogP contribution is -2.03. The molecule has 0 radical (unpaired) electrons. The van der Waals surface area contributed by atoms with E-state index in [0.717, 1.165) is 39.9 Å². The van der Waals surface area contributed by atoms with Crippen LogP contribution in [0.1, 0.15) is 11.1 Å². The van der Waals surface area contributed by atoms with Gasteiger partial charge in [-0.1, -0.05) is 97.1 Å². The number of aryl methyl sites for hydroxylation is 1. The van der Waals surface area contributed by atoms with Crippen LogP contribution in [0.5, 0.6) is 0 Å². The number of nitrogens with one attached hydrogen (secondary N) is 1. The van der Waals surface area contributed by atoms with Gasteiger partial charge < -0.3 is 14.3 Å². The number of hydrogen-bond donors (Lipinski definition) is 1. The molecule has 0 saturated heterocycles. The van der Waals surface area contributed by atoms with Crippen molar-refractivity contribution in [2.24, 2.45) is 0 Å². The third-order valence-corrected chi connectivity index (χ3v) is 7.95. The Labute approximate surface area is 225 Å². The van der Waals surface area contributed by atoms with Crippen LogP contribution in [0, 0.1) is 6.92 Å². The average Bonchev–Trinajstić information content (AvgIpc) is 3.54. The second kappa shape index (κ2) is 8.50. The minimum atomic E-state index is 0.781. The molecule has 2 aromatic heterocycles. The first-order valence-corrected chi connectivity index (χ1v) is 13.4. The maximum Gasteiger partial charge on any atom is 0.144 e. The van der Waals surface area contributed by atoms with Crippen molar-refractivity contribution in [1.82, 2.24) is 4.57 Å². The summed E-state index contributed by atoms with van der Waals surface area (Å²) in [6.07, 6.45) is 0. The summed E-state index contributed by atoms with van der Waals surface area (Å²) in [5.74, 6) is 0. The van der Waals surface area contributed by atoms with E-state index in [9.17, 15) is 0 Å². The summed E-state index contributed by atoms with van der Waals surface area (Å²) in [7, 11) is 0. The summed E-state index contributed by atoms with van der Waals surface area (Å²) >= 11 is 0. The van der Waals surface area contributed by atoms with Crippen LogP contribution in [0.15, 0.2) is 126 Å². The summed E-state index contributed by atoms with van der Waals surface area (Å²) in [4.78, 5) is 0. The predicted molar refractivity (Wildman–Crippen MR) is 164 cm³/mol. The second-order valence-electron chi connectivity index (χ2n) is 10.3. The molecule has 0 spiro atoms. The Kier molecular flexibility index (Phi) is 4.80. The third kappa shape index (κ3) is 3.30.